The number of nitrogens with one attached hydrogen (secondary N) is 2. The lowest BCUT2D eigenvalue weighted by Gasteiger charge is -2.24. The number of carbonyl (C=O) groups excluding carboxylic acids is 1. The summed E-state index contributed by atoms with van der Waals surface area (Å²) >= 11 is 0. The topological polar surface area (TPSA) is 41.1 Å². The van der Waals surface area contributed by atoms with E-state index in [1.165, 1.54) is 5.56 Å². The Labute approximate surface area is 139 Å². The van der Waals surface area contributed by atoms with Crippen molar-refractivity contribution >= 4 is 5.91 Å². The summed E-state index contributed by atoms with van der Waals surface area (Å²) in [6.45, 7) is 7.92. The fourth-order valence-electron chi connectivity index (χ4n) is 2.52. The number of aryl methyl sites for hydroxylation is 1. The quantitative estimate of drug-likeness (QED) is 0.856. The van der Waals surface area contributed by atoms with Crippen molar-refractivity contribution in [1.29, 1.82) is 0 Å². The van der Waals surface area contributed by atoms with Crippen molar-refractivity contribution in [3.05, 3.63) is 71.3 Å². The van der Waals surface area contributed by atoms with Crippen LogP contribution in [0.2, 0.25) is 0 Å². The first-order chi connectivity index (χ1) is 11.0. The monoisotopic (exact) mass is 310 g/mol. The minimum absolute atomic E-state index is 0.00953. The Morgan fingerprint density at radius 1 is 0.870 bits per heavy atom. The highest BCUT2D eigenvalue weighted by Gasteiger charge is 2.20. The molecule has 23 heavy (non-hydrogen) atoms. The Kier molecular flexibility index (Phi) is 5.94. The van der Waals surface area contributed by atoms with Gasteiger partial charge in [-0.2, -0.15) is 0 Å². The molecule has 0 aliphatic carbocycles. The third-order valence-electron chi connectivity index (χ3n) is 3.78. The van der Waals surface area contributed by atoms with Gasteiger partial charge in [-0.15, -0.1) is 0 Å². The van der Waals surface area contributed by atoms with Gasteiger partial charge < -0.3 is 5.32 Å². The van der Waals surface area contributed by atoms with Gasteiger partial charge in [0.1, 0.15) is 0 Å². The summed E-state index contributed by atoms with van der Waals surface area (Å²) in [6, 6.07) is 18.5. The number of hydrogen-bond acceptors (Lipinski definition) is 2. The van der Waals surface area contributed by atoms with Crippen LogP contribution < -0.4 is 10.6 Å². The van der Waals surface area contributed by atoms with Gasteiger partial charge >= 0.3 is 0 Å². The van der Waals surface area contributed by atoms with Crippen LogP contribution >= 0.6 is 0 Å². The zero-order valence-corrected chi connectivity index (χ0v) is 14.3. The highest BCUT2D eigenvalue weighted by molar-refractivity contribution is 5.81. The molecule has 3 heteroatoms. The predicted molar refractivity (Wildman–Crippen MR) is 95.3 cm³/mol. The van der Waals surface area contributed by atoms with E-state index < -0.39 is 0 Å². The van der Waals surface area contributed by atoms with Crippen LogP contribution in [-0.2, 0) is 4.79 Å². The highest BCUT2D eigenvalue weighted by atomic mass is 16.2. The van der Waals surface area contributed by atoms with Crippen molar-refractivity contribution in [3.63, 3.8) is 0 Å². The Morgan fingerprint density at radius 3 is 2.00 bits per heavy atom. The molecule has 0 fully saturated rings. The molecular weight excluding hydrogens is 284 g/mol. The summed E-state index contributed by atoms with van der Waals surface area (Å²) in [5, 5.41) is 6.42. The van der Waals surface area contributed by atoms with Crippen molar-refractivity contribution in [2.45, 2.75) is 45.8 Å². The van der Waals surface area contributed by atoms with E-state index >= 15 is 0 Å². The fraction of sp³-hybridized carbons (Fsp3) is 0.350. The number of benzene rings is 2. The lowest BCUT2D eigenvalue weighted by molar-refractivity contribution is -0.123. The van der Waals surface area contributed by atoms with Crippen LogP contribution in [0, 0.1) is 6.92 Å². The number of rotatable bonds is 6. The second kappa shape index (κ2) is 7.93. The zero-order chi connectivity index (χ0) is 16.8. The molecular formula is C20H26N2O. The third kappa shape index (κ3) is 4.93. The molecule has 2 aromatic rings. The molecule has 2 atom stereocenters. The van der Waals surface area contributed by atoms with Crippen LogP contribution in [0.5, 0.6) is 0 Å². The molecule has 0 radical (unpaired) electrons. The summed E-state index contributed by atoms with van der Waals surface area (Å²) in [5.74, 6) is 0.0213. The Balaban J connectivity index is 2.24. The van der Waals surface area contributed by atoms with Crippen molar-refractivity contribution in [1.82, 2.24) is 10.6 Å². The largest absolute Gasteiger partial charge is 0.353 e. The van der Waals surface area contributed by atoms with Crippen LogP contribution in [0.15, 0.2) is 54.6 Å². The van der Waals surface area contributed by atoms with E-state index in [4.69, 9.17) is 0 Å². The molecule has 1 amide bonds. The van der Waals surface area contributed by atoms with Crippen LogP contribution in [0.4, 0.5) is 0 Å². The first kappa shape index (κ1) is 17.2. The lowest BCUT2D eigenvalue weighted by atomic mass is 9.97. The first-order valence-electron chi connectivity index (χ1n) is 8.15. The zero-order valence-electron chi connectivity index (χ0n) is 14.3. The third-order valence-corrected chi connectivity index (χ3v) is 3.78. The Morgan fingerprint density at radius 2 is 1.43 bits per heavy atom. The molecule has 0 spiro atoms. The van der Waals surface area contributed by atoms with Crippen LogP contribution in [0.1, 0.15) is 43.5 Å². The predicted octanol–water partition coefficient (Wildman–Crippen LogP) is 3.59. The maximum atomic E-state index is 12.2. The van der Waals surface area contributed by atoms with Crippen molar-refractivity contribution in [2.24, 2.45) is 0 Å². The average molecular weight is 310 g/mol. The smallest absolute Gasteiger partial charge is 0.237 e. The van der Waals surface area contributed by atoms with Crippen LogP contribution in [-0.4, -0.2) is 18.0 Å². The molecule has 2 N–H and O–H groups in total. The molecule has 0 bridgehead atoms. The van der Waals surface area contributed by atoms with E-state index in [0.717, 1.165) is 11.1 Å². The van der Waals surface area contributed by atoms with E-state index in [1.807, 2.05) is 39.0 Å². The van der Waals surface area contributed by atoms with Gasteiger partial charge in [0.05, 0.1) is 12.1 Å². The molecule has 0 saturated carbocycles. The van der Waals surface area contributed by atoms with E-state index in [2.05, 4.69) is 54.0 Å². The number of amides is 1. The van der Waals surface area contributed by atoms with E-state index in [-0.39, 0.29) is 24.0 Å². The molecule has 0 aromatic heterocycles. The van der Waals surface area contributed by atoms with E-state index in [1.54, 1.807) is 0 Å². The first-order valence-corrected chi connectivity index (χ1v) is 8.15. The Hall–Kier alpha value is -2.13. The maximum Gasteiger partial charge on any atom is 0.237 e. The second-order valence-electron chi connectivity index (χ2n) is 6.31. The van der Waals surface area contributed by atoms with Crippen molar-refractivity contribution in [3.8, 4) is 0 Å². The molecule has 0 aliphatic heterocycles. The van der Waals surface area contributed by atoms with Gasteiger partial charge in [-0.25, -0.2) is 0 Å². The molecule has 0 saturated heterocycles. The summed E-state index contributed by atoms with van der Waals surface area (Å²) in [5.41, 5.74) is 3.54. The van der Waals surface area contributed by atoms with Gasteiger partial charge in [0.2, 0.25) is 5.91 Å². The minimum atomic E-state index is -0.274. The van der Waals surface area contributed by atoms with Gasteiger partial charge in [-0.1, -0.05) is 60.2 Å². The minimum Gasteiger partial charge on any atom is -0.353 e. The highest BCUT2D eigenvalue weighted by Crippen LogP contribution is 2.23. The molecule has 0 unspecified atom stereocenters. The molecule has 122 valence electrons. The van der Waals surface area contributed by atoms with E-state index in [0.29, 0.717) is 0 Å². The van der Waals surface area contributed by atoms with Gasteiger partial charge in [0, 0.05) is 6.04 Å². The SMILES string of the molecule is Cc1ccc([C@@H](N[C@@H](C)C(=O)NC(C)C)c2ccccc2)cc1. The summed E-state index contributed by atoms with van der Waals surface area (Å²) in [7, 11) is 0. The normalized spacial score (nSPS) is 13.6. The standard InChI is InChI=1S/C20H26N2O/c1-14(2)21-20(23)16(4)22-19(17-8-6-5-7-9-17)18-12-10-15(3)11-13-18/h5-14,16,19,22H,1-4H3,(H,21,23)/t16-,19-/m0/s1. The fourth-order valence-corrected chi connectivity index (χ4v) is 2.52. The van der Waals surface area contributed by atoms with Crippen LogP contribution in [0.3, 0.4) is 0 Å². The van der Waals surface area contributed by atoms with Gasteiger partial charge in [0.25, 0.3) is 0 Å². The van der Waals surface area contributed by atoms with Crippen LogP contribution in [0.25, 0.3) is 0 Å². The number of carbonyl (C=O) groups is 1. The van der Waals surface area contributed by atoms with E-state index in [9.17, 15) is 4.79 Å². The summed E-state index contributed by atoms with van der Waals surface area (Å²) in [6.07, 6.45) is 0. The second-order valence-corrected chi connectivity index (χ2v) is 6.31. The van der Waals surface area contributed by atoms with Crippen molar-refractivity contribution < 1.29 is 4.79 Å². The molecule has 0 aliphatic rings. The lowest BCUT2D eigenvalue weighted by Crippen LogP contribution is -2.46. The van der Waals surface area contributed by atoms with Gasteiger partial charge in [-0.05, 0) is 38.8 Å². The molecule has 2 aromatic carbocycles. The molecule has 2 rings (SSSR count). The summed E-state index contributed by atoms with van der Waals surface area (Å²) in [4.78, 5) is 12.2. The average Bonchev–Trinajstić information content (AvgIpc) is 2.53. The number of hydrogen-bond donors (Lipinski definition) is 2. The van der Waals surface area contributed by atoms with Crippen molar-refractivity contribution in [2.75, 3.05) is 0 Å². The molecule has 0 heterocycles. The maximum absolute atomic E-state index is 12.2. The van der Waals surface area contributed by atoms with Gasteiger partial charge in [-0.3, -0.25) is 10.1 Å². The summed E-state index contributed by atoms with van der Waals surface area (Å²) < 4.78 is 0. The Bertz CT molecular complexity index is 620. The van der Waals surface area contributed by atoms with Gasteiger partial charge in [0.15, 0.2) is 0 Å². The molecule has 3 nitrogen and oxygen atoms in total.